The zero-order valence-corrected chi connectivity index (χ0v) is 14.0. The minimum Gasteiger partial charge on any atom is -0.393 e. The lowest BCUT2D eigenvalue weighted by atomic mass is 10.2. The molecule has 0 unspecified atom stereocenters. The number of hydrogen-bond donors (Lipinski definition) is 1. The molecule has 0 aliphatic heterocycles. The van der Waals surface area contributed by atoms with Crippen molar-refractivity contribution in [3.63, 3.8) is 0 Å². The summed E-state index contributed by atoms with van der Waals surface area (Å²) in [5.41, 5.74) is 1.38. The molecule has 2 aromatic rings. The Hall–Kier alpha value is -1.64. The van der Waals surface area contributed by atoms with Gasteiger partial charge in [0.05, 0.1) is 14.2 Å². The molecular weight excluding hydrogens is 272 g/mol. The van der Waals surface area contributed by atoms with Gasteiger partial charge in [-0.3, -0.25) is 0 Å². The fraction of sp³-hybridized carbons (Fsp3) is 0.263. The SMILES string of the molecule is C[C@@H](O)[C@@H](/C=C/c1ccccc1)[Si](C)(C)c1ccccc1. The van der Waals surface area contributed by atoms with Crippen LogP contribution in [0.3, 0.4) is 0 Å². The van der Waals surface area contributed by atoms with Gasteiger partial charge in [0.2, 0.25) is 0 Å². The Morgan fingerprint density at radius 3 is 1.95 bits per heavy atom. The van der Waals surface area contributed by atoms with E-state index in [4.69, 9.17) is 0 Å². The van der Waals surface area contributed by atoms with Crippen LogP contribution in [-0.2, 0) is 0 Å². The summed E-state index contributed by atoms with van der Waals surface area (Å²) in [5.74, 6) is 0. The number of benzene rings is 2. The minimum atomic E-state index is -1.76. The van der Waals surface area contributed by atoms with Crippen LogP contribution in [0.4, 0.5) is 0 Å². The summed E-state index contributed by atoms with van der Waals surface area (Å²) in [4.78, 5) is 0. The van der Waals surface area contributed by atoms with E-state index in [-0.39, 0.29) is 11.6 Å². The van der Waals surface area contributed by atoms with E-state index in [1.165, 1.54) is 10.8 Å². The highest BCUT2D eigenvalue weighted by Crippen LogP contribution is 2.28. The van der Waals surface area contributed by atoms with Crippen LogP contribution in [0.25, 0.3) is 6.08 Å². The number of aliphatic hydroxyl groups excluding tert-OH is 1. The number of rotatable bonds is 5. The van der Waals surface area contributed by atoms with E-state index in [1.54, 1.807) is 0 Å². The quantitative estimate of drug-likeness (QED) is 0.825. The van der Waals surface area contributed by atoms with Crippen molar-refractivity contribution in [1.82, 2.24) is 0 Å². The fourth-order valence-corrected chi connectivity index (χ4v) is 6.06. The van der Waals surface area contributed by atoms with Crippen LogP contribution >= 0.6 is 0 Å². The fourth-order valence-electron chi connectivity index (χ4n) is 2.84. The average Bonchev–Trinajstić information content (AvgIpc) is 2.49. The maximum absolute atomic E-state index is 10.3. The van der Waals surface area contributed by atoms with E-state index < -0.39 is 8.07 Å². The Balaban J connectivity index is 2.29. The highest BCUT2D eigenvalue weighted by molar-refractivity contribution is 6.91. The molecule has 2 rings (SSSR count). The lowest BCUT2D eigenvalue weighted by Gasteiger charge is -2.33. The Labute approximate surface area is 129 Å². The highest BCUT2D eigenvalue weighted by Gasteiger charge is 2.34. The Morgan fingerprint density at radius 2 is 1.43 bits per heavy atom. The molecule has 1 nitrogen and oxygen atoms in total. The van der Waals surface area contributed by atoms with Crippen LogP contribution in [0.1, 0.15) is 12.5 Å². The van der Waals surface area contributed by atoms with Gasteiger partial charge in [-0.25, -0.2) is 0 Å². The second kappa shape index (κ2) is 6.88. The zero-order valence-electron chi connectivity index (χ0n) is 13.0. The van der Waals surface area contributed by atoms with E-state index in [0.717, 1.165) is 0 Å². The normalized spacial score (nSPS) is 15.0. The van der Waals surface area contributed by atoms with Crippen LogP contribution < -0.4 is 5.19 Å². The molecular formula is C19H24OSi. The van der Waals surface area contributed by atoms with Gasteiger partial charge >= 0.3 is 0 Å². The molecule has 110 valence electrons. The first kappa shape index (κ1) is 15.7. The second-order valence-corrected chi connectivity index (χ2v) is 10.8. The highest BCUT2D eigenvalue weighted by atomic mass is 28.3. The molecule has 0 bridgehead atoms. The van der Waals surface area contributed by atoms with E-state index in [2.05, 4.69) is 61.6 Å². The van der Waals surface area contributed by atoms with Crippen molar-refractivity contribution >= 4 is 19.3 Å². The van der Waals surface area contributed by atoms with Crippen LogP contribution in [0.15, 0.2) is 66.7 Å². The molecule has 21 heavy (non-hydrogen) atoms. The topological polar surface area (TPSA) is 20.2 Å². The first-order valence-electron chi connectivity index (χ1n) is 7.48. The zero-order chi connectivity index (χ0) is 15.3. The Morgan fingerprint density at radius 1 is 0.905 bits per heavy atom. The average molecular weight is 296 g/mol. The van der Waals surface area contributed by atoms with Gasteiger partial charge in [0, 0.05) is 5.54 Å². The summed E-state index contributed by atoms with van der Waals surface area (Å²) >= 11 is 0. The molecule has 0 aliphatic carbocycles. The molecule has 1 N–H and O–H groups in total. The van der Waals surface area contributed by atoms with E-state index in [1.807, 2.05) is 31.2 Å². The Bertz CT molecular complexity index is 573. The van der Waals surface area contributed by atoms with Gasteiger partial charge in [-0.05, 0) is 12.5 Å². The molecule has 0 heterocycles. The van der Waals surface area contributed by atoms with Crippen LogP contribution in [-0.4, -0.2) is 19.3 Å². The number of aliphatic hydroxyl groups is 1. The Kier molecular flexibility index (Phi) is 5.15. The number of hydrogen-bond acceptors (Lipinski definition) is 1. The summed E-state index contributed by atoms with van der Waals surface area (Å²) in [6.07, 6.45) is 3.99. The van der Waals surface area contributed by atoms with Gasteiger partial charge < -0.3 is 5.11 Å². The third kappa shape index (κ3) is 3.93. The van der Waals surface area contributed by atoms with Crippen molar-refractivity contribution in [3.05, 3.63) is 72.3 Å². The second-order valence-electron chi connectivity index (χ2n) is 6.12. The molecule has 2 aromatic carbocycles. The molecule has 2 atom stereocenters. The van der Waals surface area contributed by atoms with E-state index >= 15 is 0 Å². The van der Waals surface area contributed by atoms with Crippen molar-refractivity contribution in [1.29, 1.82) is 0 Å². The molecule has 0 saturated carbocycles. The lowest BCUT2D eigenvalue weighted by molar-refractivity contribution is 0.196. The minimum absolute atomic E-state index is 0.195. The first-order chi connectivity index (χ1) is 10.0. The summed E-state index contributed by atoms with van der Waals surface area (Å²) in [6.45, 7) is 6.56. The van der Waals surface area contributed by atoms with Crippen molar-refractivity contribution < 1.29 is 5.11 Å². The smallest absolute Gasteiger partial charge is 0.0901 e. The van der Waals surface area contributed by atoms with Crippen molar-refractivity contribution in [2.24, 2.45) is 0 Å². The molecule has 0 radical (unpaired) electrons. The van der Waals surface area contributed by atoms with Gasteiger partial charge in [-0.15, -0.1) is 0 Å². The van der Waals surface area contributed by atoms with Crippen LogP contribution in [0.2, 0.25) is 18.6 Å². The standard InChI is InChI=1S/C19H24OSi/c1-16(20)19(15-14-17-10-6-4-7-11-17)21(2,3)18-12-8-5-9-13-18/h4-16,19-20H,1-3H3/b15-14+/t16-,19-/m1/s1. The van der Waals surface area contributed by atoms with Gasteiger partial charge in [0.1, 0.15) is 0 Å². The lowest BCUT2D eigenvalue weighted by Crippen LogP contribution is -2.48. The van der Waals surface area contributed by atoms with Gasteiger partial charge in [0.25, 0.3) is 0 Å². The van der Waals surface area contributed by atoms with E-state index in [9.17, 15) is 5.11 Å². The summed E-state index contributed by atoms with van der Waals surface area (Å²) < 4.78 is 0. The summed E-state index contributed by atoms with van der Waals surface area (Å²) in [5, 5.41) is 11.7. The van der Waals surface area contributed by atoms with Gasteiger partial charge in [-0.2, -0.15) is 0 Å². The molecule has 0 spiro atoms. The maximum Gasteiger partial charge on any atom is 0.0901 e. The van der Waals surface area contributed by atoms with E-state index in [0.29, 0.717) is 0 Å². The monoisotopic (exact) mass is 296 g/mol. The van der Waals surface area contributed by atoms with Crippen molar-refractivity contribution in [3.8, 4) is 0 Å². The molecule has 0 aliphatic rings. The van der Waals surface area contributed by atoms with Crippen molar-refractivity contribution in [2.75, 3.05) is 0 Å². The molecule has 0 aromatic heterocycles. The van der Waals surface area contributed by atoms with Crippen LogP contribution in [0.5, 0.6) is 0 Å². The summed E-state index contributed by atoms with van der Waals surface area (Å²) in [6, 6.07) is 20.9. The maximum atomic E-state index is 10.3. The third-order valence-electron chi connectivity index (χ3n) is 4.17. The third-order valence-corrected chi connectivity index (χ3v) is 8.33. The summed E-state index contributed by atoms with van der Waals surface area (Å²) in [7, 11) is -1.76. The predicted molar refractivity (Wildman–Crippen MR) is 94.5 cm³/mol. The molecule has 0 saturated heterocycles. The van der Waals surface area contributed by atoms with Gasteiger partial charge in [-0.1, -0.05) is 91.1 Å². The molecule has 0 amide bonds. The largest absolute Gasteiger partial charge is 0.393 e. The molecule has 0 fully saturated rings. The van der Waals surface area contributed by atoms with Crippen LogP contribution in [0, 0.1) is 0 Å². The van der Waals surface area contributed by atoms with Gasteiger partial charge in [0.15, 0.2) is 0 Å². The molecule has 2 heteroatoms. The van der Waals surface area contributed by atoms with Crippen molar-refractivity contribution in [2.45, 2.75) is 31.7 Å². The predicted octanol–water partition coefficient (Wildman–Crippen LogP) is 4.07. The first-order valence-corrected chi connectivity index (χ1v) is 10.6.